The van der Waals surface area contributed by atoms with Crippen molar-refractivity contribution in [2.75, 3.05) is 39.3 Å². The highest BCUT2D eigenvalue weighted by atomic mass is 15.3. The lowest BCUT2D eigenvalue weighted by molar-refractivity contribution is 0.162. The van der Waals surface area contributed by atoms with Crippen LogP contribution in [0.25, 0.3) is 0 Å². The van der Waals surface area contributed by atoms with Crippen LogP contribution >= 0.6 is 0 Å². The summed E-state index contributed by atoms with van der Waals surface area (Å²) in [6, 6.07) is 10.3. The van der Waals surface area contributed by atoms with Gasteiger partial charge in [-0.3, -0.25) is 9.80 Å². The van der Waals surface area contributed by atoms with Gasteiger partial charge >= 0.3 is 0 Å². The molecule has 1 aromatic carbocycles. The predicted molar refractivity (Wildman–Crippen MR) is 84.0 cm³/mol. The molecule has 0 amide bonds. The van der Waals surface area contributed by atoms with Gasteiger partial charge in [-0.25, -0.2) is 0 Å². The largest absolute Gasteiger partial charge is 0.314 e. The maximum absolute atomic E-state index is 3.45. The molecule has 2 aliphatic rings. The summed E-state index contributed by atoms with van der Waals surface area (Å²) in [5, 5.41) is 3.45. The first-order valence-corrected chi connectivity index (χ1v) is 7.99. The zero-order valence-corrected chi connectivity index (χ0v) is 12.8. The molecular formula is C17H27N3. The Labute approximate surface area is 123 Å². The molecule has 0 aromatic heterocycles. The number of hydrogen-bond donors (Lipinski definition) is 1. The summed E-state index contributed by atoms with van der Waals surface area (Å²) in [6.07, 6.45) is 1.33. The van der Waals surface area contributed by atoms with Crippen LogP contribution < -0.4 is 5.32 Å². The van der Waals surface area contributed by atoms with Crippen molar-refractivity contribution in [1.29, 1.82) is 0 Å². The molecule has 2 heterocycles. The van der Waals surface area contributed by atoms with Crippen molar-refractivity contribution >= 4 is 0 Å². The second-order valence-corrected chi connectivity index (χ2v) is 6.31. The number of likely N-dealkylation sites (tertiary alicyclic amines) is 1. The fourth-order valence-corrected chi connectivity index (χ4v) is 3.61. The van der Waals surface area contributed by atoms with Crippen LogP contribution in [0.1, 0.15) is 30.5 Å². The molecule has 2 aliphatic heterocycles. The van der Waals surface area contributed by atoms with Gasteiger partial charge in [0.05, 0.1) is 0 Å². The summed E-state index contributed by atoms with van der Waals surface area (Å²) in [5.41, 5.74) is 2.83. The standard InChI is InChI=1S/C17H27N3/c1-14-4-3-5-16(12-14)15(2)20-9-6-17(13-20)19-10-7-18-8-11-19/h3-5,12,15,17-18H,6-11,13H2,1-2H3. The molecule has 3 rings (SSSR count). The van der Waals surface area contributed by atoms with Gasteiger partial charge in [0.1, 0.15) is 0 Å². The third-order valence-electron chi connectivity index (χ3n) is 4.94. The van der Waals surface area contributed by atoms with E-state index in [2.05, 4.69) is 53.2 Å². The van der Waals surface area contributed by atoms with Crippen LogP contribution in [0.3, 0.4) is 0 Å². The van der Waals surface area contributed by atoms with E-state index in [-0.39, 0.29) is 0 Å². The van der Waals surface area contributed by atoms with Crippen LogP contribution in [0, 0.1) is 6.92 Å². The Bertz CT molecular complexity index is 440. The molecule has 0 radical (unpaired) electrons. The van der Waals surface area contributed by atoms with Crippen molar-refractivity contribution < 1.29 is 0 Å². The summed E-state index contributed by atoms with van der Waals surface area (Å²) in [4.78, 5) is 5.33. The second kappa shape index (κ2) is 6.25. The van der Waals surface area contributed by atoms with Crippen molar-refractivity contribution in [2.24, 2.45) is 0 Å². The predicted octanol–water partition coefficient (Wildman–Crippen LogP) is 2.04. The molecule has 0 spiro atoms. The molecule has 2 unspecified atom stereocenters. The minimum absolute atomic E-state index is 0.544. The van der Waals surface area contributed by atoms with Gasteiger partial charge in [-0.1, -0.05) is 29.8 Å². The summed E-state index contributed by atoms with van der Waals surface area (Å²) in [6.45, 7) is 11.8. The summed E-state index contributed by atoms with van der Waals surface area (Å²) in [5.74, 6) is 0. The molecule has 1 aromatic rings. The van der Waals surface area contributed by atoms with E-state index in [1.165, 1.54) is 43.7 Å². The molecular weight excluding hydrogens is 246 g/mol. The van der Waals surface area contributed by atoms with E-state index in [0.29, 0.717) is 6.04 Å². The lowest BCUT2D eigenvalue weighted by Gasteiger charge is -2.33. The summed E-state index contributed by atoms with van der Waals surface area (Å²) >= 11 is 0. The highest BCUT2D eigenvalue weighted by molar-refractivity contribution is 5.25. The molecule has 2 atom stereocenters. The van der Waals surface area contributed by atoms with Gasteiger partial charge < -0.3 is 5.32 Å². The third-order valence-corrected chi connectivity index (χ3v) is 4.94. The Morgan fingerprint density at radius 2 is 2.00 bits per heavy atom. The lowest BCUT2D eigenvalue weighted by atomic mass is 10.0. The van der Waals surface area contributed by atoms with E-state index in [4.69, 9.17) is 0 Å². The zero-order valence-electron chi connectivity index (χ0n) is 12.8. The molecule has 3 heteroatoms. The number of aryl methyl sites for hydroxylation is 1. The Kier molecular flexibility index (Phi) is 4.39. The smallest absolute Gasteiger partial charge is 0.0320 e. The Morgan fingerprint density at radius 3 is 2.75 bits per heavy atom. The third kappa shape index (κ3) is 3.05. The number of benzene rings is 1. The molecule has 1 N–H and O–H groups in total. The highest BCUT2D eigenvalue weighted by Gasteiger charge is 2.30. The van der Waals surface area contributed by atoms with Crippen molar-refractivity contribution in [2.45, 2.75) is 32.4 Å². The molecule has 3 nitrogen and oxygen atoms in total. The van der Waals surface area contributed by atoms with E-state index in [1.54, 1.807) is 0 Å². The molecule has 0 bridgehead atoms. The van der Waals surface area contributed by atoms with Gasteiger partial charge in [-0.2, -0.15) is 0 Å². The van der Waals surface area contributed by atoms with Crippen LogP contribution in [0.5, 0.6) is 0 Å². The van der Waals surface area contributed by atoms with E-state index in [1.807, 2.05) is 0 Å². The van der Waals surface area contributed by atoms with Gasteiger partial charge in [-0.15, -0.1) is 0 Å². The highest BCUT2D eigenvalue weighted by Crippen LogP contribution is 2.27. The van der Waals surface area contributed by atoms with E-state index in [0.717, 1.165) is 19.1 Å². The monoisotopic (exact) mass is 273 g/mol. The van der Waals surface area contributed by atoms with Gasteiger partial charge in [0, 0.05) is 51.4 Å². The lowest BCUT2D eigenvalue weighted by Crippen LogP contribution is -2.49. The fraction of sp³-hybridized carbons (Fsp3) is 0.647. The summed E-state index contributed by atoms with van der Waals surface area (Å²) < 4.78 is 0. The molecule has 20 heavy (non-hydrogen) atoms. The van der Waals surface area contributed by atoms with Crippen LogP contribution in [-0.2, 0) is 0 Å². The van der Waals surface area contributed by atoms with E-state index >= 15 is 0 Å². The van der Waals surface area contributed by atoms with Crippen LogP contribution in [0.2, 0.25) is 0 Å². The minimum atomic E-state index is 0.544. The fourth-order valence-electron chi connectivity index (χ4n) is 3.61. The van der Waals surface area contributed by atoms with E-state index < -0.39 is 0 Å². The number of rotatable bonds is 3. The first kappa shape index (κ1) is 14.1. The SMILES string of the molecule is Cc1cccc(C(C)N2CCC(N3CCNCC3)C2)c1. The quantitative estimate of drug-likeness (QED) is 0.909. The zero-order chi connectivity index (χ0) is 13.9. The van der Waals surface area contributed by atoms with Gasteiger partial charge in [0.25, 0.3) is 0 Å². The first-order valence-electron chi connectivity index (χ1n) is 7.99. The minimum Gasteiger partial charge on any atom is -0.314 e. The maximum Gasteiger partial charge on any atom is 0.0320 e. The van der Waals surface area contributed by atoms with E-state index in [9.17, 15) is 0 Å². The Morgan fingerprint density at radius 1 is 1.20 bits per heavy atom. The average molecular weight is 273 g/mol. The Hall–Kier alpha value is -0.900. The molecule has 0 saturated carbocycles. The number of hydrogen-bond acceptors (Lipinski definition) is 3. The molecule has 0 aliphatic carbocycles. The first-order chi connectivity index (χ1) is 9.74. The van der Waals surface area contributed by atoms with Gasteiger partial charge in [-0.05, 0) is 25.8 Å². The topological polar surface area (TPSA) is 18.5 Å². The number of nitrogens with one attached hydrogen (secondary N) is 1. The van der Waals surface area contributed by atoms with Crippen molar-refractivity contribution in [3.63, 3.8) is 0 Å². The van der Waals surface area contributed by atoms with Crippen molar-refractivity contribution in [3.8, 4) is 0 Å². The van der Waals surface area contributed by atoms with Crippen LogP contribution in [0.15, 0.2) is 24.3 Å². The number of nitrogens with zero attached hydrogens (tertiary/aromatic N) is 2. The maximum atomic E-state index is 3.45. The second-order valence-electron chi connectivity index (χ2n) is 6.31. The summed E-state index contributed by atoms with van der Waals surface area (Å²) in [7, 11) is 0. The normalized spacial score (nSPS) is 26.8. The van der Waals surface area contributed by atoms with Crippen molar-refractivity contribution in [1.82, 2.24) is 15.1 Å². The van der Waals surface area contributed by atoms with Gasteiger partial charge in [0.2, 0.25) is 0 Å². The average Bonchev–Trinajstić information content (AvgIpc) is 2.97. The molecule has 2 saturated heterocycles. The number of piperazine rings is 1. The molecule has 2 fully saturated rings. The van der Waals surface area contributed by atoms with Crippen LogP contribution in [0.4, 0.5) is 0 Å². The van der Waals surface area contributed by atoms with Crippen molar-refractivity contribution in [3.05, 3.63) is 35.4 Å². The molecule has 110 valence electrons. The van der Waals surface area contributed by atoms with Gasteiger partial charge in [0.15, 0.2) is 0 Å². The van der Waals surface area contributed by atoms with Crippen LogP contribution in [-0.4, -0.2) is 55.1 Å². The Balaban J connectivity index is 1.61.